The van der Waals surface area contributed by atoms with E-state index in [0.29, 0.717) is 33.4 Å². The highest BCUT2D eigenvalue weighted by Crippen LogP contribution is 2.30. The van der Waals surface area contributed by atoms with Gasteiger partial charge in [-0.05, 0) is 64.9 Å². The molecule has 0 saturated heterocycles. The number of ether oxygens (including phenoxy) is 4. The number of amides is 1. The van der Waals surface area contributed by atoms with Crippen LogP contribution in [-0.4, -0.2) is 32.3 Å². The number of fused-ring (bicyclic) bond motifs is 1. The van der Waals surface area contributed by atoms with E-state index in [2.05, 4.69) is 10.5 Å². The van der Waals surface area contributed by atoms with Gasteiger partial charge < -0.3 is 18.9 Å². The molecule has 0 heterocycles. The fourth-order valence-electron chi connectivity index (χ4n) is 4.36. The van der Waals surface area contributed by atoms with Crippen LogP contribution < -0.4 is 24.4 Å². The summed E-state index contributed by atoms with van der Waals surface area (Å²) in [6.07, 6.45) is 1.45. The van der Waals surface area contributed by atoms with Crippen LogP contribution in [0.15, 0.2) is 108 Å². The van der Waals surface area contributed by atoms with Gasteiger partial charge in [0.2, 0.25) is 0 Å². The molecule has 43 heavy (non-hydrogen) atoms. The maximum atomic E-state index is 13.1. The summed E-state index contributed by atoms with van der Waals surface area (Å²) in [5.41, 5.74) is 4.57. The smallest absolute Gasteiger partial charge is 0.343 e. The zero-order chi connectivity index (χ0) is 30.2. The predicted octanol–water partition coefficient (Wildman–Crippen LogP) is 7.07. The van der Waals surface area contributed by atoms with Crippen molar-refractivity contribution in [3.05, 3.63) is 130 Å². The molecule has 0 aromatic heterocycles. The van der Waals surface area contributed by atoms with E-state index in [1.807, 2.05) is 42.5 Å². The van der Waals surface area contributed by atoms with Gasteiger partial charge in [0.1, 0.15) is 18.1 Å². The Labute approximate surface area is 253 Å². The molecule has 216 valence electrons. The number of nitrogens with zero attached hydrogens (tertiary/aromatic N) is 1. The van der Waals surface area contributed by atoms with E-state index in [9.17, 15) is 9.59 Å². The number of nitrogens with one attached hydrogen (secondary N) is 1. The largest absolute Gasteiger partial charge is 0.493 e. The molecule has 9 heteroatoms. The fourth-order valence-corrected chi connectivity index (χ4v) is 4.48. The molecule has 1 N–H and O–H groups in total. The quantitative estimate of drug-likeness (QED) is 0.0804. The van der Waals surface area contributed by atoms with Crippen LogP contribution >= 0.6 is 11.6 Å². The van der Waals surface area contributed by atoms with Crippen molar-refractivity contribution < 1.29 is 28.5 Å². The molecule has 0 bridgehead atoms. The number of hydrazone groups is 1. The molecule has 5 aromatic carbocycles. The Balaban J connectivity index is 1.36. The van der Waals surface area contributed by atoms with E-state index < -0.39 is 11.9 Å². The molecule has 0 aliphatic heterocycles. The molecule has 0 fully saturated rings. The monoisotopic (exact) mass is 594 g/mol. The standard InChI is InChI=1S/C34H27ClN2O6/c1-40-31-18-14-24(19-32(31)41-2)34(39)43-30-17-13-23-7-3-4-8-26(23)28(30)20-36-37-33(38)27-9-5-6-10-29(27)42-21-22-11-15-25(35)16-12-22/h3-20H,21H2,1-2H3,(H,37,38)/b36-20-. The van der Waals surface area contributed by atoms with E-state index in [1.165, 1.54) is 20.4 Å². The molecular weight excluding hydrogens is 568 g/mol. The second-order valence-electron chi connectivity index (χ2n) is 9.27. The van der Waals surface area contributed by atoms with Crippen LogP contribution in [0.2, 0.25) is 5.02 Å². The van der Waals surface area contributed by atoms with Crippen molar-refractivity contribution in [2.75, 3.05) is 14.2 Å². The number of carbonyl (C=O) groups excluding carboxylic acids is 2. The molecule has 5 rings (SSSR count). The van der Waals surface area contributed by atoms with Crippen molar-refractivity contribution in [3.8, 4) is 23.0 Å². The highest BCUT2D eigenvalue weighted by molar-refractivity contribution is 6.30. The Morgan fingerprint density at radius 2 is 1.51 bits per heavy atom. The average molecular weight is 595 g/mol. The van der Waals surface area contributed by atoms with Crippen molar-refractivity contribution in [1.29, 1.82) is 0 Å². The molecule has 5 aromatic rings. The fraction of sp³-hybridized carbons (Fsp3) is 0.0882. The normalized spacial score (nSPS) is 10.9. The van der Waals surface area contributed by atoms with Crippen molar-refractivity contribution in [1.82, 2.24) is 5.43 Å². The van der Waals surface area contributed by atoms with Crippen LogP contribution in [0, 0.1) is 0 Å². The second-order valence-corrected chi connectivity index (χ2v) is 9.70. The third kappa shape index (κ3) is 6.94. The molecule has 8 nitrogen and oxygen atoms in total. The molecule has 0 radical (unpaired) electrons. The Hall–Kier alpha value is -5.34. The minimum atomic E-state index is -0.596. The minimum absolute atomic E-state index is 0.259. The molecule has 0 atom stereocenters. The summed E-state index contributed by atoms with van der Waals surface area (Å²) in [7, 11) is 3.01. The third-order valence-corrected chi connectivity index (χ3v) is 6.80. The van der Waals surface area contributed by atoms with Gasteiger partial charge in [-0.25, -0.2) is 10.2 Å². The lowest BCUT2D eigenvalue weighted by Gasteiger charge is -2.12. The SMILES string of the molecule is COc1ccc(C(=O)Oc2ccc3ccccc3c2/C=N\NC(=O)c2ccccc2OCc2ccc(Cl)cc2)cc1OC. The summed E-state index contributed by atoms with van der Waals surface area (Å²) in [5.74, 6) is 0.499. The number of rotatable bonds is 10. The molecule has 1 amide bonds. The lowest BCUT2D eigenvalue weighted by Crippen LogP contribution is -2.19. The predicted molar refractivity (Wildman–Crippen MR) is 166 cm³/mol. The zero-order valence-electron chi connectivity index (χ0n) is 23.4. The number of hydrogen-bond acceptors (Lipinski definition) is 7. The van der Waals surface area contributed by atoms with Crippen LogP contribution in [0.5, 0.6) is 23.0 Å². The van der Waals surface area contributed by atoms with Gasteiger partial charge in [-0.1, -0.05) is 66.2 Å². The van der Waals surface area contributed by atoms with Crippen LogP contribution in [0.1, 0.15) is 31.8 Å². The summed E-state index contributed by atoms with van der Waals surface area (Å²) >= 11 is 5.96. The van der Waals surface area contributed by atoms with Crippen molar-refractivity contribution in [2.24, 2.45) is 5.10 Å². The van der Waals surface area contributed by atoms with E-state index in [-0.39, 0.29) is 17.9 Å². The van der Waals surface area contributed by atoms with Crippen LogP contribution in [0.25, 0.3) is 10.8 Å². The molecule has 0 spiro atoms. The van der Waals surface area contributed by atoms with E-state index in [0.717, 1.165) is 16.3 Å². The lowest BCUT2D eigenvalue weighted by molar-refractivity contribution is 0.0734. The number of hydrogen-bond donors (Lipinski definition) is 1. The average Bonchev–Trinajstić information content (AvgIpc) is 3.05. The number of para-hydroxylation sites is 1. The Kier molecular flexibility index (Phi) is 9.19. The summed E-state index contributed by atoms with van der Waals surface area (Å²) in [6, 6.07) is 30.0. The minimum Gasteiger partial charge on any atom is -0.493 e. The second kappa shape index (κ2) is 13.5. The Morgan fingerprint density at radius 1 is 0.791 bits per heavy atom. The molecule has 0 aliphatic carbocycles. The van der Waals surface area contributed by atoms with Gasteiger partial charge in [0, 0.05) is 10.6 Å². The highest BCUT2D eigenvalue weighted by atomic mass is 35.5. The van der Waals surface area contributed by atoms with Gasteiger partial charge in [0.25, 0.3) is 5.91 Å². The van der Waals surface area contributed by atoms with Crippen molar-refractivity contribution >= 4 is 40.5 Å². The topological polar surface area (TPSA) is 95.5 Å². The lowest BCUT2D eigenvalue weighted by atomic mass is 10.0. The molecule has 0 saturated carbocycles. The van der Waals surface area contributed by atoms with Gasteiger partial charge in [-0.3, -0.25) is 4.79 Å². The molecular formula is C34H27ClN2O6. The van der Waals surface area contributed by atoms with Crippen LogP contribution in [0.4, 0.5) is 0 Å². The Bertz CT molecular complexity index is 1800. The summed E-state index contributed by atoms with van der Waals surface area (Å²) in [5, 5.41) is 6.52. The maximum absolute atomic E-state index is 13.1. The van der Waals surface area contributed by atoms with E-state index in [4.69, 9.17) is 30.5 Å². The summed E-state index contributed by atoms with van der Waals surface area (Å²) < 4.78 is 22.3. The maximum Gasteiger partial charge on any atom is 0.343 e. The first-order valence-corrected chi connectivity index (χ1v) is 13.6. The number of esters is 1. The summed E-state index contributed by atoms with van der Waals surface area (Å²) in [4.78, 5) is 26.2. The van der Waals surface area contributed by atoms with Gasteiger partial charge in [0.15, 0.2) is 11.5 Å². The Morgan fingerprint density at radius 3 is 2.30 bits per heavy atom. The van der Waals surface area contributed by atoms with Crippen LogP contribution in [-0.2, 0) is 6.61 Å². The number of benzene rings is 5. The molecule has 0 unspecified atom stereocenters. The van der Waals surface area contributed by atoms with E-state index >= 15 is 0 Å². The van der Waals surface area contributed by atoms with Crippen LogP contribution in [0.3, 0.4) is 0 Å². The van der Waals surface area contributed by atoms with Gasteiger partial charge in [-0.2, -0.15) is 5.10 Å². The van der Waals surface area contributed by atoms with Crippen molar-refractivity contribution in [3.63, 3.8) is 0 Å². The van der Waals surface area contributed by atoms with Gasteiger partial charge >= 0.3 is 5.97 Å². The zero-order valence-corrected chi connectivity index (χ0v) is 24.1. The van der Waals surface area contributed by atoms with Gasteiger partial charge in [-0.15, -0.1) is 0 Å². The molecule has 0 aliphatic rings. The van der Waals surface area contributed by atoms with Gasteiger partial charge in [0.05, 0.1) is 31.6 Å². The first-order chi connectivity index (χ1) is 21.0. The number of carbonyl (C=O) groups is 2. The summed E-state index contributed by atoms with van der Waals surface area (Å²) in [6.45, 7) is 0.259. The first-order valence-electron chi connectivity index (χ1n) is 13.2. The van der Waals surface area contributed by atoms with Crippen molar-refractivity contribution in [2.45, 2.75) is 6.61 Å². The first kappa shape index (κ1) is 29.2. The number of halogens is 1. The highest BCUT2D eigenvalue weighted by Gasteiger charge is 2.17. The van der Waals surface area contributed by atoms with E-state index in [1.54, 1.807) is 60.7 Å². The third-order valence-electron chi connectivity index (χ3n) is 6.55. The number of methoxy groups -OCH3 is 2.